The highest BCUT2D eigenvalue weighted by Crippen LogP contribution is 2.39. The molecule has 0 aliphatic heterocycles. The van der Waals surface area contributed by atoms with Crippen LogP contribution in [0.15, 0.2) is 22.7 Å². The zero-order valence-corrected chi connectivity index (χ0v) is 12.9. The first kappa shape index (κ1) is 16.3. The molecule has 116 valence electrons. The van der Waals surface area contributed by atoms with Crippen LogP contribution in [0.1, 0.15) is 31.2 Å². The lowest BCUT2D eigenvalue weighted by molar-refractivity contribution is -0.138. The molecule has 1 aromatic rings. The van der Waals surface area contributed by atoms with E-state index in [1.54, 1.807) is 0 Å². The molecule has 0 aromatic heterocycles. The van der Waals surface area contributed by atoms with Gasteiger partial charge in [-0.2, -0.15) is 13.2 Å². The van der Waals surface area contributed by atoms with Crippen LogP contribution in [0.3, 0.4) is 0 Å². The van der Waals surface area contributed by atoms with Crippen molar-refractivity contribution in [1.29, 1.82) is 0 Å². The maximum absolute atomic E-state index is 12.8. The third kappa shape index (κ3) is 3.40. The van der Waals surface area contributed by atoms with Crippen molar-refractivity contribution in [3.63, 3.8) is 0 Å². The monoisotopic (exact) mass is 364 g/mol. The third-order valence-corrected chi connectivity index (χ3v) is 4.65. The van der Waals surface area contributed by atoms with Crippen LogP contribution in [-0.2, 0) is 11.0 Å². The molecule has 0 atom stereocenters. The van der Waals surface area contributed by atoms with E-state index in [0.29, 0.717) is 12.8 Å². The summed E-state index contributed by atoms with van der Waals surface area (Å²) in [5.41, 5.74) is 4.37. The number of benzene rings is 1. The van der Waals surface area contributed by atoms with E-state index in [2.05, 4.69) is 21.2 Å². The summed E-state index contributed by atoms with van der Waals surface area (Å²) >= 11 is 2.87. The molecule has 0 saturated heterocycles. The first-order chi connectivity index (χ1) is 9.78. The minimum Gasteiger partial charge on any atom is -0.329 e. The smallest absolute Gasteiger partial charge is 0.329 e. The van der Waals surface area contributed by atoms with Gasteiger partial charge in [-0.3, -0.25) is 4.79 Å². The highest BCUT2D eigenvalue weighted by atomic mass is 79.9. The Morgan fingerprint density at radius 2 is 1.95 bits per heavy atom. The second kappa shape index (κ2) is 5.96. The molecule has 0 spiro atoms. The molecule has 1 fully saturated rings. The van der Waals surface area contributed by atoms with Crippen molar-refractivity contribution in [2.24, 2.45) is 11.1 Å². The topological polar surface area (TPSA) is 55.1 Å². The van der Waals surface area contributed by atoms with Crippen LogP contribution in [0.25, 0.3) is 0 Å². The van der Waals surface area contributed by atoms with Gasteiger partial charge in [0.1, 0.15) is 0 Å². The fraction of sp³-hybridized carbons (Fsp3) is 0.500. The molecular formula is C14H16BrF3N2O. The Morgan fingerprint density at radius 1 is 1.33 bits per heavy atom. The van der Waals surface area contributed by atoms with E-state index in [-0.39, 0.29) is 22.6 Å². The second-order valence-corrected chi connectivity index (χ2v) is 6.19. The van der Waals surface area contributed by atoms with Crippen molar-refractivity contribution in [1.82, 2.24) is 0 Å². The quantitative estimate of drug-likeness (QED) is 0.853. The van der Waals surface area contributed by atoms with Crippen molar-refractivity contribution in [2.75, 3.05) is 11.9 Å². The predicted octanol–water partition coefficient (Wildman–Crippen LogP) is 3.93. The molecule has 21 heavy (non-hydrogen) atoms. The molecule has 0 unspecified atom stereocenters. The first-order valence-electron chi connectivity index (χ1n) is 6.67. The Morgan fingerprint density at radius 3 is 2.48 bits per heavy atom. The largest absolute Gasteiger partial charge is 0.417 e. The van der Waals surface area contributed by atoms with E-state index < -0.39 is 17.2 Å². The molecule has 1 aromatic carbocycles. The van der Waals surface area contributed by atoms with Gasteiger partial charge in [-0.1, -0.05) is 28.8 Å². The Balaban J connectivity index is 2.22. The number of anilines is 1. The number of alkyl halides is 3. The summed E-state index contributed by atoms with van der Waals surface area (Å²) in [5, 5.41) is 2.58. The van der Waals surface area contributed by atoms with Crippen molar-refractivity contribution in [2.45, 2.75) is 31.9 Å². The predicted molar refractivity (Wildman–Crippen MR) is 77.7 cm³/mol. The fourth-order valence-electron chi connectivity index (χ4n) is 2.66. The summed E-state index contributed by atoms with van der Waals surface area (Å²) in [6.45, 7) is 0.210. The Bertz CT molecular complexity index is 540. The molecule has 1 aliphatic carbocycles. The van der Waals surface area contributed by atoms with Gasteiger partial charge in [0.2, 0.25) is 5.91 Å². The van der Waals surface area contributed by atoms with Crippen LogP contribution in [0, 0.1) is 5.41 Å². The molecule has 1 saturated carbocycles. The number of amides is 1. The molecule has 2 rings (SSSR count). The van der Waals surface area contributed by atoms with Gasteiger partial charge in [-0.05, 0) is 31.0 Å². The zero-order chi connectivity index (χ0) is 15.7. The number of hydrogen-bond acceptors (Lipinski definition) is 2. The van der Waals surface area contributed by atoms with E-state index in [4.69, 9.17) is 5.73 Å². The number of hydrogen-bond donors (Lipinski definition) is 2. The van der Waals surface area contributed by atoms with Gasteiger partial charge in [0.05, 0.1) is 11.0 Å². The Labute approximate surface area is 129 Å². The number of carbonyl (C=O) groups is 1. The van der Waals surface area contributed by atoms with Gasteiger partial charge < -0.3 is 11.1 Å². The maximum Gasteiger partial charge on any atom is 0.417 e. The summed E-state index contributed by atoms with van der Waals surface area (Å²) in [6.07, 6.45) is -1.29. The molecule has 1 aliphatic rings. The third-order valence-electron chi connectivity index (χ3n) is 3.96. The summed E-state index contributed by atoms with van der Waals surface area (Å²) in [5.74, 6) is -0.294. The molecule has 7 heteroatoms. The van der Waals surface area contributed by atoms with Crippen molar-refractivity contribution in [3.8, 4) is 0 Å². The van der Waals surface area contributed by atoms with Crippen LogP contribution in [0.4, 0.5) is 18.9 Å². The van der Waals surface area contributed by atoms with Gasteiger partial charge in [0.25, 0.3) is 0 Å². The molecule has 1 amide bonds. The average molecular weight is 365 g/mol. The lowest BCUT2D eigenvalue weighted by Crippen LogP contribution is -2.40. The van der Waals surface area contributed by atoms with Crippen molar-refractivity contribution < 1.29 is 18.0 Å². The Hall–Kier alpha value is -1.08. The average Bonchev–Trinajstić information content (AvgIpc) is 2.89. The zero-order valence-electron chi connectivity index (χ0n) is 11.3. The fourth-order valence-corrected chi connectivity index (χ4v) is 3.13. The van der Waals surface area contributed by atoms with Gasteiger partial charge in [-0.15, -0.1) is 0 Å². The number of halogens is 4. The van der Waals surface area contributed by atoms with Gasteiger partial charge in [0.15, 0.2) is 0 Å². The van der Waals surface area contributed by atoms with Crippen LogP contribution >= 0.6 is 15.9 Å². The SMILES string of the molecule is NCC1(C(=O)Nc2ccc(Br)c(C(F)(F)F)c2)CCCC1. The lowest BCUT2D eigenvalue weighted by atomic mass is 9.85. The van der Waals surface area contributed by atoms with E-state index in [9.17, 15) is 18.0 Å². The number of nitrogens with two attached hydrogens (primary N) is 1. The number of rotatable bonds is 3. The van der Waals surface area contributed by atoms with Crippen molar-refractivity contribution in [3.05, 3.63) is 28.2 Å². The first-order valence-corrected chi connectivity index (χ1v) is 7.46. The van der Waals surface area contributed by atoms with Crippen LogP contribution in [0.5, 0.6) is 0 Å². The highest BCUT2D eigenvalue weighted by molar-refractivity contribution is 9.10. The summed E-state index contributed by atoms with van der Waals surface area (Å²) in [4.78, 5) is 12.3. The normalized spacial score (nSPS) is 17.8. The molecule has 3 N–H and O–H groups in total. The number of nitrogens with one attached hydrogen (secondary N) is 1. The summed E-state index contributed by atoms with van der Waals surface area (Å²) in [7, 11) is 0. The second-order valence-electron chi connectivity index (χ2n) is 5.34. The van der Waals surface area contributed by atoms with Crippen LogP contribution in [-0.4, -0.2) is 12.5 Å². The number of carbonyl (C=O) groups excluding carboxylic acids is 1. The van der Waals surface area contributed by atoms with Crippen molar-refractivity contribution >= 4 is 27.5 Å². The standard InChI is InChI=1S/C14H16BrF3N2O/c15-11-4-3-9(7-10(11)14(16,17)18)20-12(21)13(8-19)5-1-2-6-13/h3-4,7H,1-2,5-6,8,19H2,(H,20,21). The van der Waals surface area contributed by atoms with Crippen LogP contribution in [0.2, 0.25) is 0 Å². The van der Waals surface area contributed by atoms with Gasteiger partial charge in [-0.25, -0.2) is 0 Å². The van der Waals surface area contributed by atoms with Crippen LogP contribution < -0.4 is 11.1 Å². The summed E-state index contributed by atoms with van der Waals surface area (Å²) in [6, 6.07) is 3.65. The van der Waals surface area contributed by atoms with E-state index in [1.165, 1.54) is 12.1 Å². The highest BCUT2D eigenvalue weighted by Gasteiger charge is 2.40. The minimum atomic E-state index is -4.47. The Kier molecular flexibility index (Phi) is 4.63. The molecule has 0 heterocycles. The van der Waals surface area contributed by atoms with E-state index in [1.807, 2.05) is 0 Å². The molecular weight excluding hydrogens is 349 g/mol. The van der Waals surface area contributed by atoms with Gasteiger partial charge in [0, 0.05) is 16.7 Å². The molecule has 3 nitrogen and oxygen atoms in total. The molecule has 0 radical (unpaired) electrons. The van der Waals surface area contributed by atoms with E-state index in [0.717, 1.165) is 18.9 Å². The lowest BCUT2D eigenvalue weighted by Gasteiger charge is -2.26. The summed E-state index contributed by atoms with van der Waals surface area (Å²) < 4.78 is 38.5. The van der Waals surface area contributed by atoms with E-state index >= 15 is 0 Å². The molecule has 0 bridgehead atoms. The van der Waals surface area contributed by atoms with Gasteiger partial charge >= 0.3 is 6.18 Å². The minimum absolute atomic E-state index is 0.0533. The maximum atomic E-state index is 12.8.